The van der Waals surface area contributed by atoms with Crippen molar-refractivity contribution in [3.05, 3.63) is 22.6 Å². The molecule has 16 heavy (non-hydrogen) atoms. The fraction of sp³-hybridized carbons (Fsp3) is 0.667. The smallest absolute Gasteiger partial charge is 0.131 e. The van der Waals surface area contributed by atoms with Crippen LogP contribution in [0.3, 0.4) is 0 Å². The Morgan fingerprint density at radius 1 is 1.62 bits per heavy atom. The number of nitrogens with zero attached hydrogens (tertiary/aromatic N) is 1. The number of halogens is 1. The second kappa shape index (κ2) is 5.84. The van der Waals surface area contributed by atoms with Crippen LogP contribution in [0.1, 0.15) is 18.6 Å². The van der Waals surface area contributed by atoms with Crippen LogP contribution in [0.5, 0.6) is 0 Å². The predicted octanol–water partition coefficient (Wildman–Crippen LogP) is 2.47. The summed E-state index contributed by atoms with van der Waals surface area (Å²) in [7, 11) is 2.03. The highest BCUT2D eigenvalue weighted by molar-refractivity contribution is 9.10. The van der Waals surface area contributed by atoms with Crippen LogP contribution in [-0.2, 0) is 6.54 Å². The molecular weight excluding hydrogens is 268 g/mol. The molecule has 0 spiro atoms. The van der Waals surface area contributed by atoms with Crippen molar-refractivity contribution < 1.29 is 4.42 Å². The van der Waals surface area contributed by atoms with Gasteiger partial charge in [-0.15, -0.1) is 0 Å². The van der Waals surface area contributed by atoms with Crippen LogP contribution in [0.25, 0.3) is 0 Å². The fourth-order valence-corrected chi connectivity index (χ4v) is 2.72. The lowest BCUT2D eigenvalue weighted by Gasteiger charge is -2.32. The zero-order valence-electron chi connectivity index (χ0n) is 9.71. The van der Waals surface area contributed by atoms with Gasteiger partial charge in [-0.1, -0.05) is 0 Å². The van der Waals surface area contributed by atoms with Gasteiger partial charge in [0, 0.05) is 6.54 Å². The number of nitrogens with one attached hydrogen (secondary N) is 1. The number of hydrogen-bond donors (Lipinski definition) is 1. The molecule has 2 heterocycles. The summed E-state index contributed by atoms with van der Waals surface area (Å²) in [6.07, 6.45) is 4.38. The van der Waals surface area contributed by atoms with E-state index < -0.39 is 0 Å². The molecule has 1 unspecified atom stereocenters. The lowest BCUT2D eigenvalue weighted by atomic mass is 9.98. The van der Waals surface area contributed by atoms with Gasteiger partial charge in [0.15, 0.2) is 0 Å². The minimum atomic E-state index is 0.785. The highest BCUT2D eigenvalue weighted by Crippen LogP contribution is 2.22. The van der Waals surface area contributed by atoms with E-state index in [0.717, 1.165) is 29.2 Å². The van der Waals surface area contributed by atoms with E-state index in [-0.39, 0.29) is 0 Å². The van der Waals surface area contributed by atoms with Gasteiger partial charge in [-0.05, 0) is 60.9 Å². The maximum atomic E-state index is 5.46. The summed E-state index contributed by atoms with van der Waals surface area (Å²) in [5.41, 5.74) is 0. The minimum absolute atomic E-state index is 0.785. The first kappa shape index (κ1) is 12.1. The molecule has 3 nitrogen and oxygen atoms in total. The molecule has 90 valence electrons. The first-order chi connectivity index (χ1) is 7.79. The molecule has 1 N–H and O–H groups in total. The van der Waals surface area contributed by atoms with Crippen molar-refractivity contribution in [1.82, 2.24) is 10.2 Å². The summed E-state index contributed by atoms with van der Waals surface area (Å²) < 4.78 is 6.54. The predicted molar refractivity (Wildman–Crippen MR) is 68.3 cm³/mol. The molecule has 0 aliphatic carbocycles. The van der Waals surface area contributed by atoms with Gasteiger partial charge >= 0.3 is 0 Å². The van der Waals surface area contributed by atoms with Crippen LogP contribution >= 0.6 is 15.9 Å². The molecule has 0 saturated carbocycles. The van der Waals surface area contributed by atoms with Gasteiger partial charge in [0.2, 0.25) is 0 Å². The van der Waals surface area contributed by atoms with E-state index in [2.05, 4.69) is 26.1 Å². The molecule has 0 amide bonds. The molecule has 0 bridgehead atoms. The van der Waals surface area contributed by atoms with Crippen LogP contribution in [-0.4, -0.2) is 31.6 Å². The molecule has 1 saturated heterocycles. The average Bonchev–Trinajstić information content (AvgIpc) is 2.66. The molecule has 1 atom stereocenters. The van der Waals surface area contributed by atoms with Crippen molar-refractivity contribution >= 4 is 15.9 Å². The Morgan fingerprint density at radius 3 is 3.19 bits per heavy atom. The Hall–Kier alpha value is -0.320. The number of rotatable bonds is 4. The molecule has 1 aromatic rings. The van der Waals surface area contributed by atoms with Crippen molar-refractivity contribution in [2.45, 2.75) is 19.4 Å². The summed E-state index contributed by atoms with van der Waals surface area (Å²) in [6, 6.07) is 1.96. The van der Waals surface area contributed by atoms with Crippen LogP contribution in [0.2, 0.25) is 0 Å². The lowest BCUT2D eigenvalue weighted by molar-refractivity contribution is 0.156. The van der Waals surface area contributed by atoms with Gasteiger partial charge in [-0.2, -0.15) is 0 Å². The van der Waals surface area contributed by atoms with Crippen molar-refractivity contribution in [3.8, 4) is 0 Å². The average molecular weight is 287 g/mol. The summed E-state index contributed by atoms with van der Waals surface area (Å²) in [6.45, 7) is 4.41. The van der Waals surface area contributed by atoms with Crippen molar-refractivity contribution in [2.75, 3.05) is 26.7 Å². The largest absolute Gasteiger partial charge is 0.467 e. The SMILES string of the molecule is CNCC1CCCN(Cc2occc2Br)C1. The zero-order chi connectivity index (χ0) is 11.4. The Balaban J connectivity index is 1.88. The standard InChI is InChI=1S/C12H19BrN2O/c1-14-7-10-3-2-5-15(8-10)9-12-11(13)4-6-16-12/h4,6,10,14H,2-3,5,7-9H2,1H3. The van der Waals surface area contributed by atoms with E-state index in [9.17, 15) is 0 Å². The molecule has 1 fully saturated rings. The number of likely N-dealkylation sites (tertiary alicyclic amines) is 1. The maximum Gasteiger partial charge on any atom is 0.131 e. The van der Waals surface area contributed by atoms with E-state index >= 15 is 0 Å². The second-order valence-corrected chi connectivity index (χ2v) is 5.35. The highest BCUT2D eigenvalue weighted by Gasteiger charge is 2.20. The van der Waals surface area contributed by atoms with Crippen LogP contribution in [0, 0.1) is 5.92 Å². The Kier molecular flexibility index (Phi) is 4.44. The van der Waals surface area contributed by atoms with Crippen molar-refractivity contribution in [2.24, 2.45) is 5.92 Å². The van der Waals surface area contributed by atoms with Crippen molar-refractivity contribution in [1.29, 1.82) is 0 Å². The van der Waals surface area contributed by atoms with Crippen LogP contribution in [0.4, 0.5) is 0 Å². The van der Waals surface area contributed by atoms with E-state index in [1.807, 2.05) is 13.1 Å². The third kappa shape index (κ3) is 3.09. The topological polar surface area (TPSA) is 28.4 Å². The van der Waals surface area contributed by atoms with E-state index in [4.69, 9.17) is 4.42 Å². The third-order valence-electron chi connectivity index (χ3n) is 3.15. The van der Waals surface area contributed by atoms with E-state index in [1.54, 1.807) is 6.26 Å². The van der Waals surface area contributed by atoms with Gasteiger partial charge in [-0.3, -0.25) is 4.90 Å². The molecule has 0 radical (unpaired) electrons. The Labute approximate surface area is 105 Å². The fourth-order valence-electron chi connectivity index (χ4n) is 2.39. The summed E-state index contributed by atoms with van der Waals surface area (Å²) in [4.78, 5) is 2.48. The molecule has 1 aliphatic rings. The minimum Gasteiger partial charge on any atom is -0.467 e. The first-order valence-corrected chi connectivity index (χ1v) is 6.67. The lowest BCUT2D eigenvalue weighted by Crippen LogP contribution is -2.38. The monoisotopic (exact) mass is 286 g/mol. The molecule has 1 aromatic heterocycles. The maximum absolute atomic E-state index is 5.46. The number of piperidine rings is 1. The van der Waals surface area contributed by atoms with Gasteiger partial charge in [-0.25, -0.2) is 0 Å². The van der Waals surface area contributed by atoms with E-state index in [0.29, 0.717) is 0 Å². The first-order valence-electron chi connectivity index (χ1n) is 5.88. The van der Waals surface area contributed by atoms with Gasteiger partial charge in [0.05, 0.1) is 17.3 Å². The Morgan fingerprint density at radius 2 is 2.50 bits per heavy atom. The number of furan rings is 1. The second-order valence-electron chi connectivity index (χ2n) is 4.49. The normalized spacial score (nSPS) is 22.5. The highest BCUT2D eigenvalue weighted by atomic mass is 79.9. The van der Waals surface area contributed by atoms with Gasteiger partial charge < -0.3 is 9.73 Å². The quantitative estimate of drug-likeness (QED) is 0.922. The van der Waals surface area contributed by atoms with Crippen molar-refractivity contribution in [3.63, 3.8) is 0 Å². The third-order valence-corrected chi connectivity index (χ3v) is 3.86. The zero-order valence-corrected chi connectivity index (χ0v) is 11.3. The molecule has 4 heteroatoms. The van der Waals surface area contributed by atoms with Crippen LogP contribution < -0.4 is 5.32 Å². The number of hydrogen-bond acceptors (Lipinski definition) is 3. The van der Waals surface area contributed by atoms with E-state index in [1.165, 1.54) is 25.9 Å². The van der Waals surface area contributed by atoms with Crippen LogP contribution in [0.15, 0.2) is 21.2 Å². The molecule has 2 rings (SSSR count). The molecule has 0 aromatic carbocycles. The summed E-state index contributed by atoms with van der Waals surface area (Å²) in [5, 5.41) is 3.27. The molecule has 1 aliphatic heterocycles. The molecular formula is C12H19BrN2O. The van der Waals surface area contributed by atoms with Gasteiger partial charge in [0.1, 0.15) is 5.76 Å². The Bertz CT molecular complexity index is 325. The van der Waals surface area contributed by atoms with Gasteiger partial charge in [0.25, 0.3) is 0 Å². The summed E-state index contributed by atoms with van der Waals surface area (Å²) >= 11 is 3.51. The summed E-state index contributed by atoms with van der Waals surface area (Å²) in [5.74, 6) is 1.83.